The third kappa shape index (κ3) is 3.39. The molecule has 21 heavy (non-hydrogen) atoms. The lowest BCUT2D eigenvalue weighted by Gasteiger charge is -2.34. The molecule has 6 heteroatoms. The Morgan fingerprint density at radius 3 is 2.33 bits per heavy atom. The topological polar surface area (TPSA) is 49.9 Å². The maximum absolute atomic E-state index is 12.8. The van der Waals surface area contributed by atoms with E-state index in [-0.39, 0.29) is 0 Å². The van der Waals surface area contributed by atoms with Gasteiger partial charge < -0.3 is 9.64 Å². The molecule has 0 aliphatic carbocycles. The Morgan fingerprint density at radius 2 is 1.86 bits per heavy atom. The lowest BCUT2D eigenvalue weighted by Crippen LogP contribution is -2.44. The molecule has 0 radical (unpaired) electrons. The van der Waals surface area contributed by atoms with Crippen LogP contribution in [0.2, 0.25) is 0 Å². The van der Waals surface area contributed by atoms with Crippen LogP contribution in [-0.2, 0) is 10.0 Å². The average molecular weight is 312 g/mol. The maximum Gasteiger partial charge on any atom is 0.243 e. The van der Waals surface area contributed by atoms with Crippen molar-refractivity contribution < 1.29 is 13.2 Å². The minimum atomic E-state index is -3.41. The molecular weight excluding hydrogens is 288 g/mol. The Bertz CT molecular complexity index is 591. The summed E-state index contributed by atoms with van der Waals surface area (Å²) in [6, 6.07) is 5.57. The van der Waals surface area contributed by atoms with Crippen LogP contribution in [0.3, 0.4) is 0 Å². The third-order valence-electron chi connectivity index (χ3n) is 4.15. The summed E-state index contributed by atoms with van der Waals surface area (Å²) in [4.78, 5) is 2.55. The molecule has 0 unspecified atom stereocenters. The van der Waals surface area contributed by atoms with Gasteiger partial charge in [0.2, 0.25) is 10.0 Å². The van der Waals surface area contributed by atoms with Gasteiger partial charge in [0.1, 0.15) is 5.75 Å². The minimum Gasteiger partial charge on any atom is -0.497 e. The largest absolute Gasteiger partial charge is 0.497 e. The molecule has 5 nitrogen and oxygen atoms in total. The van der Waals surface area contributed by atoms with Crippen LogP contribution in [0.15, 0.2) is 23.1 Å². The highest BCUT2D eigenvalue weighted by Gasteiger charge is 2.30. The maximum atomic E-state index is 12.8. The highest BCUT2D eigenvalue weighted by Crippen LogP contribution is 2.26. The number of nitrogens with zero attached hydrogens (tertiary/aromatic N) is 2. The first-order valence-corrected chi connectivity index (χ1v) is 8.61. The third-order valence-corrected chi connectivity index (χ3v) is 6.21. The summed E-state index contributed by atoms with van der Waals surface area (Å²) in [5, 5.41) is 0. The molecule has 0 aromatic heterocycles. The van der Waals surface area contributed by atoms with Crippen LogP contribution in [0.25, 0.3) is 0 Å². The number of sulfonamides is 1. The van der Waals surface area contributed by atoms with E-state index in [0.717, 1.165) is 18.4 Å². The molecule has 0 N–H and O–H groups in total. The van der Waals surface area contributed by atoms with Crippen LogP contribution in [0.5, 0.6) is 5.75 Å². The van der Waals surface area contributed by atoms with E-state index in [4.69, 9.17) is 4.74 Å². The molecule has 1 aliphatic rings. The summed E-state index contributed by atoms with van der Waals surface area (Å²) in [5.74, 6) is 0.678. The first-order valence-electron chi connectivity index (χ1n) is 7.17. The molecule has 1 saturated heterocycles. The fraction of sp³-hybridized carbons (Fsp3) is 0.600. The van der Waals surface area contributed by atoms with Crippen molar-refractivity contribution in [1.29, 1.82) is 0 Å². The van der Waals surface area contributed by atoms with Gasteiger partial charge in [0.15, 0.2) is 0 Å². The normalized spacial score (nSPS) is 18.1. The fourth-order valence-electron chi connectivity index (χ4n) is 2.78. The van der Waals surface area contributed by atoms with Gasteiger partial charge in [-0.25, -0.2) is 8.42 Å². The SMILES string of the molecule is COc1ccc(S(=O)(=O)N2CCC(N(C)C)CC2)c(C)c1. The van der Waals surface area contributed by atoms with E-state index in [9.17, 15) is 8.42 Å². The van der Waals surface area contributed by atoms with Crippen LogP contribution >= 0.6 is 0 Å². The highest BCUT2D eigenvalue weighted by atomic mass is 32.2. The molecule has 0 spiro atoms. The van der Waals surface area contributed by atoms with Gasteiger partial charge in [0.25, 0.3) is 0 Å². The summed E-state index contributed by atoms with van der Waals surface area (Å²) in [5.41, 5.74) is 0.726. The monoisotopic (exact) mass is 312 g/mol. The van der Waals surface area contributed by atoms with Crippen molar-refractivity contribution in [3.05, 3.63) is 23.8 Å². The summed E-state index contributed by atoms with van der Waals surface area (Å²) >= 11 is 0. The molecule has 1 aromatic carbocycles. The van der Waals surface area contributed by atoms with Crippen molar-refractivity contribution in [2.45, 2.75) is 30.7 Å². The Kier molecular flexibility index (Phi) is 4.91. The second kappa shape index (κ2) is 6.34. The highest BCUT2D eigenvalue weighted by molar-refractivity contribution is 7.89. The van der Waals surface area contributed by atoms with E-state index in [1.54, 1.807) is 29.6 Å². The van der Waals surface area contributed by atoms with Crippen molar-refractivity contribution in [3.8, 4) is 5.75 Å². The summed E-state index contributed by atoms with van der Waals surface area (Å²) in [7, 11) is 2.26. The standard InChI is InChI=1S/C15H24N2O3S/c1-12-11-14(20-4)5-6-15(12)21(18,19)17-9-7-13(8-10-17)16(2)3/h5-6,11,13H,7-10H2,1-4H3. The molecule has 2 rings (SSSR count). The zero-order chi connectivity index (χ0) is 15.6. The Morgan fingerprint density at radius 1 is 1.24 bits per heavy atom. The summed E-state index contributed by atoms with van der Waals surface area (Å²) < 4.78 is 32.2. The molecule has 1 heterocycles. The smallest absolute Gasteiger partial charge is 0.243 e. The van der Waals surface area contributed by atoms with Gasteiger partial charge in [0, 0.05) is 19.1 Å². The Balaban J connectivity index is 2.19. The second-order valence-corrected chi connectivity index (χ2v) is 7.64. The van der Waals surface area contributed by atoms with Gasteiger partial charge in [0.05, 0.1) is 12.0 Å². The molecular formula is C15H24N2O3S. The molecule has 1 aliphatic heterocycles. The quantitative estimate of drug-likeness (QED) is 0.849. The summed E-state index contributed by atoms with van der Waals surface area (Å²) in [6.07, 6.45) is 1.75. The zero-order valence-electron chi connectivity index (χ0n) is 13.2. The van der Waals surface area contributed by atoms with Crippen molar-refractivity contribution in [1.82, 2.24) is 9.21 Å². The predicted molar refractivity (Wildman–Crippen MR) is 83.2 cm³/mol. The molecule has 1 fully saturated rings. The van der Waals surface area contributed by atoms with Gasteiger partial charge in [-0.3, -0.25) is 0 Å². The van der Waals surface area contributed by atoms with Crippen LogP contribution in [0.4, 0.5) is 0 Å². The second-order valence-electron chi connectivity index (χ2n) is 5.73. The lowest BCUT2D eigenvalue weighted by molar-refractivity contribution is 0.196. The number of ether oxygens (including phenoxy) is 1. The first kappa shape index (κ1) is 16.3. The van der Waals surface area contributed by atoms with Crippen molar-refractivity contribution >= 4 is 10.0 Å². The van der Waals surface area contributed by atoms with Gasteiger partial charge in [-0.15, -0.1) is 0 Å². The van der Waals surface area contributed by atoms with Crippen LogP contribution in [0, 0.1) is 6.92 Å². The molecule has 118 valence electrons. The van der Waals surface area contributed by atoms with Crippen LogP contribution in [-0.4, -0.2) is 58.0 Å². The van der Waals surface area contributed by atoms with E-state index in [1.807, 2.05) is 21.0 Å². The van der Waals surface area contributed by atoms with Crippen LogP contribution in [0.1, 0.15) is 18.4 Å². The Labute approximate surface area is 127 Å². The number of hydrogen-bond acceptors (Lipinski definition) is 4. The first-order chi connectivity index (χ1) is 9.86. The van der Waals surface area contributed by atoms with Crippen LogP contribution < -0.4 is 4.74 Å². The summed E-state index contributed by atoms with van der Waals surface area (Å²) in [6.45, 7) is 2.97. The Hall–Kier alpha value is -1.11. The van der Waals surface area contributed by atoms with Crippen molar-refractivity contribution in [2.75, 3.05) is 34.3 Å². The minimum absolute atomic E-state index is 0.381. The lowest BCUT2D eigenvalue weighted by atomic mass is 10.1. The molecule has 1 aromatic rings. The van der Waals surface area contributed by atoms with E-state index in [1.165, 1.54) is 0 Å². The van der Waals surface area contributed by atoms with Gasteiger partial charge in [-0.1, -0.05) is 0 Å². The fourth-order valence-corrected chi connectivity index (χ4v) is 4.45. The van der Waals surface area contributed by atoms with E-state index in [2.05, 4.69) is 4.90 Å². The van der Waals surface area contributed by atoms with Crippen molar-refractivity contribution in [2.24, 2.45) is 0 Å². The van der Waals surface area contributed by atoms with Gasteiger partial charge in [-0.2, -0.15) is 4.31 Å². The number of benzene rings is 1. The number of hydrogen-bond donors (Lipinski definition) is 0. The van der Waals surface area contributed by atoms with Gasteiger partial charge >= 0.3 is 0 Å². The number of methoxy groups -OCH3 is 1. The molecule has 0 bridgehead atoms. The molecule has 0 atom stereocenters. The molecule has 0 saturated carbocycles. The number of rotatable bonds is 4. The number of aryl methyl sites for hydroxylation is 1. The van der Waals surface area contributed by atoms with Gasteiger partial charge in [-0.05, 0) is 57.6 Å². The average Bonchev–Trinajstić information content (AvgIpc) is 2.46. The van der Waals surface area contributed by atoms with E-state index >= 15 is 0 Å². The molecule has 0 amide bonds. The predicted octanol–water partition coefficient (Wildman–Crippen LogP) is 1.72. The van der Waals surface area contributed by atoms with Crippen molar-refractivity contribution in [3.63, 3.8) is 0 Å². The zero-order valence-corrected chi connectivity index (χ0v) is 14.0. The van der Waals surface area contributed by atoms with E-state index < -0.39 is 10.0 Å². The number of piperidine rings is 1. The van der Waals surface area contributed by atoms with E-state index in [0.29, 0.717) is 29.8 Å².